The van der Waals surface area contributed by atoms with Crippen LogP contribution in [0.15, 0.2) is 21.1 Å². The Balaban J connectivity index is 1.95. The number of phenolic OH excluding ortho intramolecular Hbond substituents is 1. The third-order valence-corrected chi connectivity index (χ3v) is 7.59. The molecule has 1 saturated heterocycles. The largest absolute Gasteiger partial charge is 0.506 e. The predicted molar refractivity (Wildman–Crippen MR) is 98.8 cm³/mol. The molecule has 0 saturated carbocycles. The number of benzene rings is 1. The van der Waals surface area contributed by atoms with E-state index in [4.69, 9.17) is 0 Å². The van der Waals surface area contributed by atoms with E-state index in [0.29, 0.717) is 10.0 Å². The number of rotatable bonds is 2. The number of hydrogen-bond donors (Lipinski definition) is 1. The van der Waals surface area contributed by atoms with Crippen LogP contribution in [0.4, 0.5) is 0 Å². The summed E-state index contributed by atoms with van der Waals surface area (Å²) in [6.45, 7) is 9.21. The highest BCUT2D eigenvalue weighted by Crippen LogP contribution is 2.46. The predicted octanol–water partition coefficient (Wildman–Crippen LogP) is 4.99. The molecule has 2 heterocycles. The lowest BCUT2D eigenvalue weighted by atomic mass is 9.88. The Morgan fingerprint density at radius 2 is 2.04 bits per heavy atom. The number of halogens is 1. The van der Waals surface area contributed by atoms with E-state index < -0.39 is 0 Å². The molecule has 2 atom stereocenters. The fraction of sp³-hybridized carbons (Fsp3) is 0.500. The van der Waals surface area contributed by atoms with Crippen LogP contribution in [0, 0.1) is 19.8 Å². The van der Waals surface area contributed by atoms with Gasteiger partial charge >= 0.3 is 0 Å². The van der Waals surface area contributed by atoms with Gasteiger partial charge in [0.2, 0.25) is 0 Å². The van der Waals surface area contributed by atoms with Gasteiger partial charge in [0.25, 0.3) is 0 Å². The molecular weight excluding hydrogens is 374 g/mol. The fourth-order valence-electron chi connectivity index (χ4n) is 3.45. The lowest BCUT2D eigenvalue weighted by Crippen LogP contribution is -2.42. The van der Waals surface area contributed by atoms with Gasteiger partial charge < -0.3 is 10.0 Å². The molecule has 0 aromatic heterocycles. The monoisotopic (exact) mass is 395 g/mol. The molecule has 0 amide bonds. The molecule has 2 aliphatic rings. The topological polar surface area (TPSA) is 40.5 Å². The van der Waals surface area contributed by atoms with Crippen molar-refractivity contribution in [2.75, 3.05) is 6.54 Å². The third-order valence-electron chi connectivity index (χ3n) is 5.15. The van der Waals surface area contributed by atoms with E-state index >= 15 is 0 Å². The van der Waals surface area contributed by atoms with Crippen molar-refractivity contribution < 1.29 is 9.90 Å². The Labute approximate surface area is 150 Å². The van der Waals surface area contributed by atoms with Crippen LogP contribution in [0.5, 0.6) is 5.75 Å². The molecule has 0 radical (unpaired) electrons. The first-order valence-corrected chi connectivity index (χ1v) is 9.63. The van der Waals surface area contributed by atoms with Crippen molar-refractivity contribution in [2.24, 2.45) is 5.92 Å². The number of thioether (sulfide) groups is 1. The number of aromatic hydroxyl groups is 1. The number of piperidine rings is 1. The van der Waals surface area contributed by atoms with Crippen LogP contribution in [-0.2, 0) is 0 Å². The highest BCUT2D eigenvalue weighted by atomic mass is 79.9. The van der Waals surface area contributed by atoms with E-state index in [2.05, 4.69) is 34.7 Å². The Morgan fingerprint density at radius 3 is 2.74 bits per heavy atom. The number of ketones is 1. The van der Waals surface area contributed by atoms with Crippen LogP contribution in [0.3, 0.4) is 0 Å². The minimum Gasteiger partial charge on any atom is -0.506 e. The Morgan fingerprint density at radius 1 is 1.35 bits per heavy atom. The normalized spacial score (nSPS) is 24.1. The first kappa shape index (κ1) is 16.9. The zero-order chi connectivity index (χ0) is 16.9. The van der Waals surface area contributed by atoms with Crippen molar-refractivity contribution in [3.8, 4) is 5.75 Å². The van der Waals surface area contributed by atoms with E-state index in [-0.39, 0.29) is 22.8 Å². The number of phenols is 1. The summed E-state index contributed by atoms with van der Waals surface area (Å²) in [5.74, 6) is 0.0803. The van der Waals surface area contributed by atoms with Crippen molar-refractivity contribution in [1.29, 1.82) is 0 Å². The second-order valence-electron chi connectivity index (χ2n) is 6.48. The summed E-state index contributed by atoms with van der Waals surface area (Å²) in [5, 5.41) is 10.6. The van der Waals surface area contributed by atoms with E-state index in [0.717, 1.165) is 30.5 Å². The summed E-state index contributed by atoms with van der Waals surface area (Å²) in [5.41, 5.74) is 3.75. The molecule has 1 aromatic rings. The maximum atomic E-state index is 13.2. The molecule has 23 heavy (non-hydrogen) atoms. The zero-order valence-electron chi connectivity index (χ0n) is 13.9. The van der Waals surface area contributed by atoms with Gasteiger partial charge in [-0.15, -0.1) is 11.8 Å². The summed E-state index contributed by atoms with van der Waals surface area (Å²) in [6.07, 6.45) is 1.91. The van der Waals surface area contributed by atoms with E-state index in [1.54, 1.807) is 11.8 Å². The highest BCUT2D eigenvalue weighted by Gasteiger charge is 2.41. The molecule has 0 aliphatic carbocycles. The lowest BCUT2D eigenvalue weighted by molar-refractivity contribution is 0.0825. The van der Waals surface area contributed by atoms with Gasteiger partial charge in [0.1, 0.15) is 5.75 Å². The molecule has 5 heteroatoms. The molecule has 2 unspecified atom stereocenters. The van der Waals surface area contributed by atoms with E-state index in [1.165, 1.54) is 10.6 Å². The fourth-order valence-corrected chi connectivity index (χ4v) is 5.44. The number of allylic oxidation sites excluding steroid dienone is 2. The zero-order valence-corrected chi connectivity index (χ0v) is 16.3. The molecule has 2 aliphatic heterocycles. The molecule has 124 valence electrons. The number of nitrogens with zero attached hydrogens (tertiary/aromatic N) is 1. The molecule has 1 N–H and O–H groups in total. The third kappa shape index (κ3) is 2.72. The van der Waals surface area contributed by atoms with Crippen LogP contribution in [-0.4, -0.2) is 27.7 Å². The lowest BCUT2D eigenvalue weighted by Gasteiger charge is -2.37. The number of hydrogen-bond acceptors (Lipinski definition) is 4. The minimum absolute atomic E-state index is 0.0657. The standard InChI is InChI=1S/C18H22BrNO2S/c1-9-8-14(17(22)15(19)10(9)2)16(21)13-6-5-7-20-11(3)12(4)23-18(13)20/h8,13,18,22H,5-7H2,1-4H3. The van der Waals surface area contributed by atoms with Crippen molar-refractivity contribution in [1.82, 2.24) is 4.90 Å². The summed E-state index contributed by atoms with van der Waals surface area (Å²) in [6, 6.07) is 1.84. The van der Waals surface area contributed by atoms with Crippen LogP contribution in [0.25, 0.3) is 0 Å². The molecule has 0 bridgehead atoms. The minimum atomic E-state index is -0.0685. The molecule has 1 aromatic carbocycles. The first-order valence-electron chi connectivity index (χ1n) is 7.96. The average Bonchev–Trinajstić information content (AvgIpc) is 2.83. The maximum Gasteiger partial charge on any atom is 0.172 e. The molecule has 3 rings (SSSR count). The highest BCUT2D eigenvalue weighted by molar-refractivity contribution is 9.10. The van der Waals surface area contributed by atoms with Crippen molar-refractivity contribution in [3.63, 3.8) is 0 Å². The van der Waals surface area contributed by atoms with Gasteiger partial charge in [0, 0.05) is 17.1 Å². The van der Waals surface area contributed by atoms with Gasteiger partial charge in [-0.1, -0.05) is 0 Å². The maximum absolute atomic E-state index is 13.2. The first-order chi connectivity index (χ1) is 10.8. The number of Topliss-reactive ketones (excluding diaryl/α,β-unsaturated/α-hetero) is 1. The summed E-state index contributed by atoms with van der Waals surface area (Å²) >= 11 is 5.22. The van der Waals surface area contributed by atoms with Gasteiger partial charge in [-0.25, -0.2) is 0 Å². The summed E-state index contributed by atoms with van der Waals surface area (Å²) in [4.78, 5) is 16.8. The SMILES string of the molecule is CC1=C(C)N2CCCC(C(=O)c3cc(C)c(C)c(Br)c3O)C2S1. The summed E-state index contributed by atoms with van der Waals surface area (Å²) in [7, 11) is 0. The Kier molecular flexibility index (Phi) is 4.53. The second-order valence-corrected chi connectivity index (χ2v) is 8.61. The number of carbonyl (C=O) groups excluding carboxylic acids is 1. The van der Waals surface area contributed by atoms with Gasteiger partial charge in [0.15, 0.2) is 5.78 Å². The molecular formula is C18H22BrNO2S. The quantitative estimate of drug-likeness (QED) is 0.715. The van der Waals surface area contributed by atoms with Crippen molar-refractivity contribution in [3.05, 3.63) is 37.8 Å². The van der Waals surface area contributed by atoms with Crippen LogP contribution < -0.4 is 0 Å². The summed E-state index contributed by atoms with van der Waals surface area (Å²) < 4.78 is 0.637. The number of aryl methyl sites for hydroxylation is 1. The van der Waals surface area contributed by atoms with Crippen molar-refractivity contribution in [2.45, 2.75) is 45.9 Å². The molecule has 3 nitrogen and oxygen atoms in total. The molecule has 1 fully saturated rings. The smallest absolute Gasteiger partial charge is 0.172 e. The molecule has 0 spiro atoms. The number of fused-ring (bicyclic) bond motifs is 1. The second kappa shape index (κ2) is 6.17. The van der Waals surface area contributed by atoms with Crippen LogP contribution >= 0.6 is 27.7 Å². The average molecular weight is 396 g/mol. The van der Waals surface area contributed by atoms with Gasteiger partial charge in [0.05, 0.1) is 21.3 Å². The van der Waals surface area contributed by atoms with Crippen molar-refractivity contribution >= 4 is 33.5 Å². The Hall–Kier alpha value is -0.940. The van der Waals surface area contributed by atoms with Crippen LogP contribution in [0.1, 0.15) is 48.2 Å². The Bertz CT molecular complexity index is 713. The van der Waals surface area contributed by atoms with Gasteiger partial charge in [-0.2, -0.15) is 0 Å². The van der Waals surface area contributed by atoms with Gasteiger partial charge in [-0.3, -0.25) is 4.79 Å². The van der Waals surface area contributed by atoms with E-state index in [9.17, 15) is 9.90 Å². The van der Waals surface area contributed by atoms with Gasteiger partial charge in [-0.05, 0) is 73.7 Å². The van der Waals surface area contributed by atoms with E-state index in [1.807, 2.05) is 19.9 Å². The number of carbonyl (C=O) groups is 1. The van der Waals surface area contributed by atoms with Crippen LogP contribution in [0.2, 0.25) is 0 Å².